The predicted octanol–water partition coefficient (Wildman–Crippen LogP) is 4.44. The summed E-state index contributed by atoms with van der Waals surface area (Å²) in [5, 5.41) is 0.755. The Hall–Kier alpha value is -1.64. The van der Waals surface area contributed by atoms with E-state index in [0.29, 0.717) is 12.5 Å². The summed E-state index contributed by atoms with van der Waals surface area (Å²) in [5.74, 6) is 0.595. The Morgan fingerprint density at radius 3 is 2.32 bits per heavy atom. The molecule has 2 atom stereocenters. The van der Waals surface area contributed by atoms with Gasteiger partial charge in [-0.1, -0.05) is 61.0 Å². The van der Waals surface area contributed by atoms with Gasteiger partial charge in [0.1, 0.15) is 5.78 Å². The highest BCUT2D eigenvalue weighted by Gasteiger charge is 2.33. The summed E-state index contributed by atoms with van der Waals surface area (Å²) in [7, 11) is 0. The lowest BCUT2D eigenvalue weighted by atomic mass is 9.83. The number of rotatable bonds is 3. The van der Waals surface area contributed by atoms with E-state index in [4.69, 9.17) is 11.6 Å². The van der Waals surface area contributed by atoms with Crippen LogP contribution >= 0.6 is 11.6 Å². The van der Waals surface area contributed by atoms with Crippen LogP contribution in [0.4, 0.5) is 0 Å². The number of benzene rings is 2. The monoisotopic (exact) mass is 313 g/mol. The highest BCUT2D eigenvalue weighted by molar-refractivity contribution is 6.31. The summed E-state index contributed by atoms with van der Waals surface area (Å²) in [6.45, 7) is 5.19. The summed E-state index contributed by atoms with van der Waals surface area (Å²) in [4.78, 5) is 14.0. The van der Waals surface area contributed by atoms with Crippen LogP contribution in [-0.4, -0.2) is 23.8 Å². The highest BCUT2D eigenvalue weighted by atomic mass is 35.5. The van der Waals surface area contributed by atoms with Gasteiger partial charge in [0.15, 0.2) is 0 Å². The molecule has 2 aromatic carbocycles. The van der Waals surface area contributed by atoms with Gasteiger partial charge in [0.25, 0.3) is 0 Å². The maximum absolute atomic E-state index is 11.7. The smallest absolute Gasteiger partial charge is 0.143 e. The fourth-order valence-corrected chi connectivity index (χ4v) is 3.70. The molecule has 0 aliphatic carbocycles. The quantitative estimate of drug-likeness (QED) is 0.835. The third-order valence-corrected chi connectivity index (χ3v) is 4.66. The topological polar surface area (TPSA) is 20.3 Å². The zero-order valence-electron chi connectivity index (χ0n) is 12.9. The third kappa shape index (κ3) is 2.81. The molecule has 22 heavy (non-hydrogen) atoms. The molecule has 0 radical (unpaired) electrons. The van der Waals surface area contributed by atoms with E-state index < -0.39 is 0 Å². The third-order valence-electron chi connectivity index (χ3n) is 4.32. The minimum atomic E-state index is 0.0463. The minimum Gasteiger partial charge on any atom is -0.299 e. The molecule has 0 aromatic heterocycles. The van der Waals surface area contributed by atoms with Crippen LogP contribution < -0.4 is 0 Å². The Morgan fingerprint density at radius 1 is 1.09 bits per heavy atom. The van der Waals surface area contributed by atoms with Gasteiger partial charge in [-0.15, -0.1) is 0 Å². The molecule has 0 amide bonds. The Bertz CT molecular complexity index is 697. The van der Waals surface area contributed by atoms with Crippen molar-refractivity contribution in [2.24, 2.45) is 0 Å². The molecule has 114 valence electrons. The van der Waals surface area contributed by atoms with Crippen molar-refractivity contribution in [1.29, 1.82) is 0 Å². The fourth-order valence-electron chi connectivity index (χ4n) is 3.46. The number of carbonyl (C=O) groups excluding carboxylic acids is 1. The number of Topliss-reactive ketones (excluding diaryl/α,β-unsaturated/α-hetero) is 1. The van der Waals surface area contributed by atoms with Crippen molar-refractivity contribution in [3.63, 3.8) is 0 Å². The van der Waals surface area contributed by atoms with E-state index in [1.54, 1.807) is 6.92 Å². The predicted molar refractivity (Wildman–Crippen MR) is 90.4 cm³/mol. The molecule has 0 spiro atoms. The molecule has 1 heterocycles. The molecule has 2 nitrogen and oxygen atoms in total. The van der Waals surface area contributed by atoms with Crippen molar-refractivity contribution < 1.29 is 4.79 Å². The zero-order chi connectivity index (χ0) is 15.7. The lowest BCUT2D eigenvalue weighted by Gasteiger charge is -2.40. The summed E-state index contributed by atoms with van der Waals surface area (Å²) in [6.07, 6.45) is 0. The molecule has 2 aromatic rings. The highest BCUT2D eigenvalue weighted by Crippen LogP contribution is 2.41. The number of carbonyl (C=O) groups is 1. The lowest BCUT2D eigenvalue weighted by Crippen LogP contribution is -2.40. The molecule has 0 N–H and O–H groups in total. The maximum Gasteiger partial charge on any atom is 0.143 e. The van der Waals surface area contributed by atoms with Crippen molar-refractivity contribution in [3.8, 4) is 0 Å². The molecular weight excluding hydrogens is 294 g/mol. The summed E-state index contributed by atoms with van der Waals surface area (Å²) in [5.41, 5.74) is 3.69. The van der Waals surface area contributed by atoms with E-state index in [1.165, 1.54) is 11.1 Å². The van der Waals surface area contributed by atoms with Crippen LogP contribution in [0.1, 0.15) is 42.5 Å². The van der Waals surface area contributed by atoms with Crippen LogP contribution in [0.3, 0.4) is 0 Å². The second kappa shape index (κ2) is 6.23. The zero-order valence-corrected chi connectivity index (χ0v) is 13.7. The molecule has 1 aliphatic heterocycles. The van der Waals surface area contributed by atoms with E-state index in [-0.39, 0.29) is 11.8 Å². The van der Waals surface area contributed by atoms with Crippen LogP contribution in [0.5, 0.6) is 0 Å². The standard InChI is InChI=1S/C19H20ClNO/c1-13-11-21(12-14(2)22)19(16-8-4-3-7-15(13)16)17-9-5-6-10-18(17)20/h3-10,13,19H,11-12H2,1-2H3. The first-order valence-electron chi connectivity index (χ1n) is 7.64. The normalized spacial score (nSPS) is 21.4. The fraction of sp³-hybridized carbons (Fsp3) is 0.316. The Balaban J connectivity index is 2.14. The molecule has 0 fully saturated rings. The molecule has 1 aliphatic rings. The van der Waals surface area contributed by atoms with Gasteiger partial charge < -0.3 is 0 Å². The molecule has 3 heteroatoms. The number of hydrogen-bond acceptors (Lipinski definition) is 2. The van der Waals surface area contributed by atoms with Crippen molar-refractivity contribution in [2.75, 3.05) is 13.1 Å². The lowest BCUT2D eigenvalue weighted by molar-refractivity contribution is -0.118. The van der Waals surface area contributed by atoms with Gasteiger partial charge in [-0.05, 0) is 35.6 Å². The van der Waals surface area contributed by atoms with E-state index in [1.807, 2.05) is 18.2 Å². The van der Waals surface area contributed by atoms with E-state index in [9.17, 15) is 4.79 Å². The van der Waals surface area contributed by atoms with Gasteiger partial charge in [0.2, 0.25) is 0 Å². The van der Waals surface area contributed by atoms with Gasteiger partial charge >= 0.3 is 0 Å². The van der Waals surface area contributed by atoms with Gasteiger partial charge in [0.05, 0.1) is 12.6 Å². The SMILES string of the molecule is CC(=O)CN1CC(C)c2ccccc2C1c1ccccc1Cl. The van der Waals surface area contributed by atoms with E-state index in [0.717, 1.165) is 17.1 Å². The number of ketones is 1. The first-order valence-corrected chi connectivity index (χ1v) is 8.02. The van der Waals surface area contributed by atoms with Crippen LogP contribution in [-0.2, 0) is 4.79 Å². The van der Waals surface area contributed by atoms with Gasteiger partial charge in [-0.2, -0.15) is 0 Å². The number of nitrogens with zero attached hydrogens (tertiary/aromatic N) is 1. The Morgan fingerprint density at radius 2 is 1.68 bits per heavy atom. The van der Waals surface area contributed by atoms with Crippen molar-refractivity contribution >= 4 is 17.4 Å². The average molecular weight is 314 g/mol. The second-order valence-electron chi connectivity index (χ2n) is 6.09. The summed E-state index contributed by atoms with van der Waals surface area (Å²) in [6, 6.07) is 16.5. The van der Waals surface area contributed by atoms with Crippen LogP contribution in [0, 0.1) is 0 Å². The maximum atomic E-state index is 11.7. The minimum absolute atomic E-state index is 0.0463. The summed E-state index contributed by atoms with van der Waals surface area (Å²) < 4.78 is 0. The van der Waals surface area contributed by atoms with E-state index in [2.05, 4.69) is 42.2 Å². The number of halogens is 1. The van der Waals surface area contributed by atoms with Crippen LogP contribution in [0.15, 0.2) is 48.5 Å². The Kier molecular flexibility index (Phi) is 4.32. The first-order chi connectivity index (χ1) is 10.6. The first kappa shape index (κ1) is 15.3. The van der Waals surface area contributed by atoms with Gasteiger partial charge in [0, 0.05) is 11.6 Å². The van der Waals surface area contributed by atoms with E-state index >= 15 is 0 Å². The van der Waals surface area contributed by atoms with Crippen molar-refractivity contribution in [3.05, 3.63) is 70.2 Å². The van der Waals surface area contributed by atoms with Crippen molar-refractivity contribution in [2.45, 2.75) is 25.8 Å². The molecule has 0 bridgehead atoms. The Labute approximate surface area is 136 Å². The van der Waals surface area contributed by atoms with Gasteiger partial charge in [-0.25, -0.2) is 0 Å². The molecule has 0 saturated heterocycles. The van der Waals surface area contributed by atoms with Crippen molar-refractivity contribution in [1.82, 2.24) is 4.90 Å². The molecule has 3 rings (SSSR count). The molecule has 2 unspecified atom stereocenters. The number of hydrogen-bond donors (Lipinski definition) is 0. The molecule has 0 saturated carbocycles. The molecular formula is C19H20ClNO. The van der Waals surface area contributed by atoms with Crippen LogP contribution in [0.25, 0.3) is 0 Å². The number of fused-ring (bicyclic) bond motifs is 1. The largest absolute Gasteiger partial charge is 0.299 e. The summed E-state index contributed by atoms with van der Waals surface area (Å²) >= 11 is 6.45. The van der Waals surface area contributed by atoms with Gasteiger partial charge in [-0.3, -0.25) is 9.69 Å². The average Bonchev–Trinajstić information content (AvgIpc) is 2.48. The second-order valence-corrected chi connectivity index (χ2v) is 6.49. The van der Waals surface area contributed by atoms with Crippen LogP contribution in [0.2, 0.25) is 5.02 Å².